The van der Waals surface area contributed by atoms with Crippen molar-refractivity contribution in [1.29, 1.82) is 0 Å². The minimum absolute atomic E-state index is 0.0153. The quantitative estimate of drug-likeness (QED) is 0.324. The molecule has 14 heteroatoms. The third kappa shape index (κ3) is 8.10. The number of hydrogen-bond acceptors (Lipinski definition) is 9. The van der Waals surface area contributed by atoms with Crippen LogP contribution < -0.4 is 15.4 Å². The van der Waals surface area contributed by atoms with Gasteiger partial charge in [0.15, 0.2) is 6.61 Å². The van der Waals surface area contributed by atoms with Crippen molar-refractivity contribution < 1.29 is 38.6 Å². The molecule has 2 atom stereocenters. The summed E-state index contributed by atoms with van der Waals surface area (Å²) >= 11 is 0. The molecule has 1 aliphatic carbocycles. The van der Waals surface area contributed by atoms with Crippen molar-refractivity contribution in [2.45, 2.75) is 70.5 Å². The predicted molar refractivity (Wildman–Crippen MR) is 171 cm³/mol. The summed E-state index contributed by atoms with van der Waals surface area (Å²) < 4.78 is 11.0. The maximum atomic E-state index is 13.5. The van der Waals surface area contributed by atoms with Crippen LogP contribution in [0, 0.1) is 6.92 Å². The van der Waals surface area contributed by atoms with E-state index in [9.17, 15) is 29.1 Å². The van der Waals surface area contributed by atoms with Gasteiger partial charge in [0.2, 0.25) is 11.8 Å². The molecule has 2 saturated heterocycles. The Balaban J connectivity index is 1.27. The molecular formula is C33H44N6O8. The molecule has 2 aromatic rings. The van der Waals surface area contributed by atoms with Crippen LogP contribution in [0.4, 0.5) is 4.79 Å². The molecule has 254 valence electrons. The zero-order valence-electron chi connectivity index (χ0n) is 27.0. The fraction of sp³-hybridized carbons (Fsp3) is 0.576. The van der Waals surface area contributed by atoms with E-state index in [2.05, 4.69) is 15.6 Å². The van der Waals surface area contributed by atoms with E-state index in [1.807, 2.05) is 13.0 Å². The third-order valence-corrected chi connectivity index (χ3v) is 8.98. The molecule has 5 amide bonds. The number of aliphatic hydroxyl groups is 1. The number of benzene rings is 1. The number of amides is 5. The lowest BCUT2D eigenvalue weighted by Crippen LogP contribution is -2.56. The van der Waals surface area contributed by atoms with Crippen molar-refractivity contribution in [2.24, 2.45) is 0 Å². The number of nitrogens with zero attached hydrogens (tertiary/aromatic N) is 4. The Morgan fingerprint density at radius 1 is 1.00 bits per heavy atom. The average molecular weight is 653 g/mol. The van der Waals surface area contributed by atoms with E-state index in [1.54, 1.807) is 28.9 Å². The topological polar surface area (TPSA) is 171 Å². The van der Waals surface area contributed by atoms with Gasteiger partial charge in [-0.25, -0.2) is 9.78 Å². The van der Waals surface area contributed by atoms with Crippen LogP contribution in [0.3, 0.4) is 0 Å². The lowest BCUT2D eigenvalue weighted by atomic mass is 9.93. The van der Waals surface area contributed by atoms with E-state index in [-0.39, 0.29) is 74.5 Å². The highest BCUT2D eigenvalue weighted by molar-refractivity contribution is 5.99. The van der Waals surface area contributed by atoms with E-state index in [0.717, 1.165) is 31.2 Å². The highest BCUT2D eigenvalue weighted by Crippen LogP contribution is 2.28. The number of aliphatic hydroxyl groups excluding tert-OH is 1. The summed E-state index contributed by atoms with van der Waals surface area (Å²) in [5.41, 5.74) is 1.35. The molecule has 2 unspecified atom stereocenters. The molecule has 0 radical (unpaired) electrons. The SMILES string of the molecule is CCOC(=O)N1CCN(C(=O)C(CCO)NC(=O)c2cc(OCC(=O)N3CCCC3C(=O)NC3CCC3)c3ccc(C)cc3n2)CC1. The van der Waals surface area contributed by atoms with Crippen LogP contribution in [0.15, 0.2) is 24.3 Å². The summed E-state index contributed by atoms with van der Waals surface area (Å²) in [6.07, 6.45) is 3.89. The van der Waals surface area contributed by atoms with Crippen molar-refractivity contribution in [3.8, 4) is 5.75 Å². The molecule has 3 N–H and O–H groups in total. The largest absolute Gasteiger partial charge is 0.483 e. The summed E-state index contributed by atoms with van der Waals surface area (Å²) in [5.74, 6) is -1.21. The highest BCUT2D eigenvalue weighted by atomic mass is 16.6. The number of pyridine rings is 1. The molecule has 14 nitrogen and oxygen atoms in total. The molecule has 1 aromatic heterocycles. The molecule has 3 fully saturated rings. The van der Waals surface area contributed by atoms with Crippen LogP contribution in [-0.4, -0.2) is 125 Å². The smallest absolute Gasteiger partial charge is 0.409 e. The van der Waals surface area contributed by atoms with E-state index >= 15 is 0 Å². The van der Waals surface area contributed by atoms with Crippen molar-refractivity contribution in [1.82, 2.24) is 30.3 Å². The molecule has 2 aliphatic heterocycles. The molecule has 3 aliphatic rings. The number of ether oxygens (including phenoxy) is 2. The van der Waals surface area contributed by atoms with Crippen LogP contribution in [0.1, 0.15) is 61.5 Å². The first-order valence-electron chi connectivity index (χ1n) is 16.4. The molecule has 47 heavy (non-hydrogen) atoms. The Hall–Kier alpha value is -4.46. The number of fused-ring (bicyclic) bond motifs is 1. The number of hydrogen-bond donors (Lipinski definition) is 3. The van der Waals surface area contributed by atoms with Crippen LogP contribution in [-0.2, 0) is 19.1 Å². The van der Waals surface area contributed by atoms with Gasteiger partial charge < -0.3 is 39.9 Å². The molecule has 0 bridgehead atoms. The van der Waals surface area contributed by atoms with Gasteiger partial charge in [-0.2, -0.15) is 0 Å². The van der Waals surface area contributed by atoms with Crippen molar-refractivity contribution in [3.05, 3.63) is 35.5 Å². The lowest BCUT2D eigenvalue weighted by molar-refractivity contribution is -0.140. The minimum atomic E-state index is -1.03. The fourth-order valence-corrected chi connectivity index (χ4v) is 6.12. The summed E-state index contributed by atoms with van der Waals surface area (Å²) in [6.45, 7) is 4.77. The van der Waals surface area contributed by atoms with Crippen molar-refractivity contribution in [3.63, 3.8) is 0 Å². The van der Waals surface area contributed by atoms with Crippen LogP contribution in [0.5, 0.6) is 5.75 Å². The lowest BCUT2D eigenvalue weighted by Gasteiger charge is -2.35. The van der Waals surface area contributed by atoms with Gasteiger partial charge in [0.05, 0.1) is 12.1 Å². The zero-order chi connectivity index (χ0) is 33.5. The van der Waals surface area contributed by atoms with Gasteiger partial charge in [-0.1, -0.05) is 6.07 Å². The number of carbonyl (C=O) groups is 5. The molecule has 5 rings (SSSR count). The maximum Gasteiger partial charge on any atom is 0.409 e. The first-order valence-corrected chi connectivity index (χ1v) is 16.4. The summed E-state index contributed by atoms with van der Waals surface area (Å²) in [5, 5.41) is 16.0. The van der Waals surface area contributed by atoms with E-state index in [1.165, 1.54) is 11.0 Å². The first kappa shape index (κ1) is 33.9. The molecule has 3 heterocycles. The van der Waals surface area contributed by atoms with E-state index in [0.29, 0.717) is 37.0 Å². The summed E-state index contributed by atoms with van der Waals surface area (Å²) in [7, 11) is 0. The third-order valence-electron chi connectivity index (χ3n) is 8.98. The Labute approximate surface area is 273 Å². The van der Waals surface area contributed by atoms with Gasteiger partial charge in [0.25, 0.3) is 11.8 Å². The standard InChI is InChI=1S/C33H44N6O8/c1-3-46-33(45)38-15-13-37(14-16-38)32(44)24(11-17-40)36-30(42)26-19-28(23-10-9-21(2)18-25(23)35-26)47-20-29(41)39-12-5-8-27(39)31(43)34-22-6-4-7-22/h9-10,18-19,22,24,27,40H,3-8,11-17,20H2,1-2H3,(H,34,43)(H,36,42). The Morgan fingerprint density at radius 3 is 2.43 bits per heavy atom. The van der Waals surface area contributed by atoms with Gasteiger partial charge in [0.1, 0.15) is 23.5 Å². The number of aromatic nitrogens is 1. The number of nitrogens with one attached hydrogen (secondary N) is 2. The van der Waals surface area contributed by atoms with E-state index < -0.39 is 24.1 Å². The molecule has 1 saturated carbocycles. The van der Waals surface area contributed by atoms with Crippen molar-refractivity contribution >= 4 is 40.6 Å². The molecule has 0 spiro atoms. The van der Waals surface area contributed by atoms with E-state index in [4.69, 9.17) is 9.47 Å². The Bertz CT molecular complexity index is 1490. The fourth-order valence-electron chi connectivity index (χ4n) is 6.12. The second kappa shape index (κ2) is 15.4. The average Bonchev–Trinajstić information content (AvgIpc) is 3.55. The summed E-state index contributed by atoms with van der Waals surface area (Å²) in [4.78, 5) is 74.2. The highest BCUT2D eigenvalue weighted by Gasteiger charge is 2.36. The second-order valence-electron chi connectivity index (χ2n) is 12.2. The number of aryl methyl sites for hydroxylation is 1. The molecular weight excluding hydrogens is 608 g/mol. The van der Waals surface area contributed by atoms with Crippen LogP contribution in [0.25, 0.3) is 10.9 Å². The second-order valence-corrected chi connectivity index (χ2v) is 12.2. The number of likely N-dealkylation sites (tertiary alicyclic amines) is 1. The van der Waals surface area contributed by atoms with Gasteiger partial charge in [0, 0.05) is 56.8 Å². The van der Waals surface area contributed by atoms with Gasteiger partial charge in [-0.15, -0.1) is 0 Å². The van der Waals surface area contributed by atoms with Crippen LogP contribution in [0.2, 0.25) is 0 Å². The zero-order valence-corrected chi connectivity index (χ0v) is 27.0. The van der Waals surface area contributed by atoms with Gasteiger partial charge in [-0.05, 0) is 70.1 Å². The Morgan fingerprint density at radius 2 is 1.74 bits per heavy atom. The van der Waals surface area contributed by atoms with Crippen LogP contribution >= 0.6 is 0 Å². The van der Waals surface area contributed by atoms with Gasteiger partial charge >= 0.3 is 6.09 Å². The summed E-state index contributed by atoms with van der Waals surface area (Å²) in [6, 6.07) is 5.53. The minimum Gasteiger partial charge on any atom is -0.483 e. The maximum absolute atomic E-state index is 13.5. The number of piperazine rings is 1. The monoisotopic (exact) mass is 652 g/mol. The van der Waals surface area contributed by atoms with Crippen molar-refractivity contribution in [2.75, 3.05) is 52.5 Å². The molecule has 1 aromatic carbocycles. The number of carbonyl (C=O) groups excluding carboxylic acids is 5. The first-order chi connectivity index (χ1) is 22.7. The predicted octanol–water partition coefficient (Wildman–Crippen LogP) is 1.36. The normalized spacial score (nSPS) is 18.8. The number of rotatable bonds is 11. The van der Waals surface area contributed by atoms with Gasteiger partial charge in [-0.3, -0.25) is 19.2 Å². The Kier molecular flexibility index (Phi) is 11.1.